The summed E-state index contributed by atoms with van der Waals surface area (Å²) in [4.78, 5) is 0. The largest absolute Gasteiger partial charge is 0.224 e. The Bertz CT molecular complexity index is 270. The highest BCUT2D eigenvalue weighted by atomic mass is 127. The molecule has 0 heterocycles. The lowest BCUT2D eigenvalue weighted by Crippen LogP contribution is -2.07. The first kappa shape index (κ1) is 12.4. The minimum Gasteiger partial charge on any atom is -0.224 e. The summed E-state index contributed by atoms with van der Waals surface area (Å²) in [5.41, 5.74) is -0.0667. The van der Waals surface area contributed by atoms with Gasteiger partial charge in [0.15, 0.2) is 9.84 Å². The molecular formula is C8H15IO2S. The molecule has 12 heavy (non-hydrogen) atoms. The van der Waals surface area contributed by atoms with Gasteiger partial charge in [-0.3, -0.25) is 0 Å². The van der Waals surface area contributed by atoms with E-state index in [1.54, 1.807) is 6.92 Å². The molecule has 2 nitrogen and oxygen atoms in total. The predicted octanol–water partition coefficient (Wildman–Crippen LogP) is 2.74. The fraction of sp³-hybridized carbons (Fsp3) is 0.750. The lowest BCUT2D eigenvalue weighted by atomic mass is 9.98. The molecule has 0 N–H and O–H groups in total. The van der Waals surface area contributed by atoms with E-state index in [0.717, 1.165) is 3.58 Å². The van der Waals surface area contributed by atoms with Crippen LogP contribution in [-0.4, -0.2) is 14.2 Å². The highest BCUT2D eigenvalue weighted by molar-refractivity contribution is 14.1. The third kappa shape index (κ3) is 4.45. The highest BCUT2D eigenvalue weighted by Crippen LogP contribution is 2.31. The van der Waals surface area contributed by atoms with Gasteiger partial charge >= 0.3 is 0 Å². The molecule has 4 heteroatoms. The molecule has 0 aliphatic rings. The second-order valence-corrected chi connectivity index (χ2v) is 6.97. The zero-order chi connectivity index (χ0) is 9.99. The molecule has 0 aliphatic heterocycles. The summed E-state index contributed by atoms with van der Waals surface area (Å²) in [5.74, 6) is 0.176. The second-order valence-electron chi connectivity index (χ2n) is 3.67. The highest BCUT2D eigenvalue weighted by Gasteiger charge is 2.16. The van der Waals surface area contributed by atoms with Crippen LogP contribution in [0.5, 0.6) is 0 Å². The van der Waals surface area contributed by atoms with Gasteiger partial charge in [-0.05, 0) is 28.0 Å². The summed E-state index contributed by atoms with van der Waals surface area (Å²) in [6, 6.07) is 0. The van der Waals surface area contributed by atoms with Crippen molar-refractivity contribution in [3.63, 3.8) is 0 Å². The first-order chi connectivity index (χ1) is 5.19. The summed E-state index contributed by atoms with van der Waals surface area (Å²) in [7, 11) is -2.97. The molecule has 0 radical (unpaired) electrons. The molecule has 0 atom stereocenters. The van der Waals surface area contributed by atoms with E-state index >= 15 is 0 Å². The molecule has 0 saturated carbocycles. The van der Waals surface area contributed by atoms with Gasteiger partial charge < -0.3 is 0 Å². The molecule has 0 bridgehead atoms. The van der Waals surface area contributed by atoms with Crippen LogP contribution in [0.2, 0.25) is 0 Å². The third-order valence-electron chi connectivity index (χ3n) is 1.40. The first-order valence-electron chi connectivity index (χ1n) is 3.79. The van der Waals surface area contributed by atoms with Crippen LogP contribution in [0.15, 0.2) is 8.99 Å². The van der Waals surface area contributed by atoms with Crippen molar-refractivity contribution in [2.45, 2.75) is 27.7 Å². The van der Waals surface area contributed by atoms with E-state index in [0.29, 0.717) is 0 Å². The van der Waals surface area contributed by atoms with Crippen molar-refractivity contribution >= 4 is 32.4 Å². The van der Waals surface area contributed by atoms with Gasteiger partial charge in [0.05, 0.1) is 5.75 Å². The smallest absolute Gasteiger partial charge is 0.172 e. The molecule has 0 rings (SSSR count). The van der Waals surface area contributed by atoms with Gasteiger partial charge in [0.2, 0.25) is 0 Å². The van der Waals surface area contributed by atoms with Crippen LogP contribution in [0.25, 0.3) is 0 Å². The van der Waals surface area contributed by atoms with Crippen LogP contribution in [-0.2, 0) is 9.84 Å². The zero-order valence-electron chi connectivity index (χ0n) is 7.89. The average Bonchev–Trinajstić information content (AvgIpc) is 1.85. The van der Waals surface area contributed by atoms with E-state index in [-0.39, 0.29) is 11.2 Å². The van der Waals surface area contributed by atoms with Crippen LogP contribution in [0.3, 0.4) is 0 Å². The molecule has 0 aliphatic carbocycles. The van der Waals surface area contributed by atoms with E-state index in [1.165, 1.54) is 5.41 Å². The van der Waals surface area contributed by atoms with Gasteiger partial charge in [-0.25, -0.2) is 8.42 Å². The molecular weight excluding hydrogens is 287 g/mol. The fourth-order valence-electron chi connectivity index (χ4n) is 0.418. The number of rotatable bonds is 2. The van der Waals surface area contributed by atoms with Gasteiger partial charge in [0, 0.05) is 8.99 Å². The Kier molecular flexibility index (Phi) is 4.23. The topological polar surface area (TPSA) is 34.1 Å². The summed E-state index contributed by atoms with van der Waals surface area (Å²) < 4.78 is 23.2. The summed E-state index contributed by atoms with van der Waals surface area (Å²) in [6.45, 7) is 7.64. The maximum atomic E-state index is 11.2. The Morgan fingerprint density at radius 1 is 1.42 bits per heavy atom. The fourth-order valence-corrected chi connectivity index (χ4v) is 2.42. The van der Waals surface area contributed by atoms with Gasteiger partial charge in [-0.1, -0.05) is 27.7 Å². The van der Waals surface area contributed by atoms with Gasteiger partial charge in [-0.15, -0.1) is 0 Å². The minimum atomic E-state index is -2.97. The van der Waals surface area contributed by atoms with Crippen molar-refractivity contribution in [2.24, 2.45) is 5.41 Å². The predicted molar refractivity (Wildman–Crippen MR) is 61.0 cm³/mol. The number of allylic oxidation sites excluding steroid dienone is 1. The molecule has 0 aromatic rings. The summed E-state index contributed by atoms with van der Waals surface area (Å²) in [6.07, 6.45) is 0. The van der Waals surface area contributed by atoms with Crippen LogP contribution >= 0.6 is 22.6 Å². The minimum absolute atomic E-state index is 0.0667. The summed E-state index contributed by atoms with van der Waals surface area (Å²) >= 11 is 2.08. The Morgan fingerprint density at radius 2 is 1.83 bits per heavy atom. The van der Waals surface area contributed by atoms with E-state index in [1.807, 2.05) is 20.8 Å². The van der Waals surface area contributed by atoms with Crippen LogP contribution in [0, 0.1) is 5.41 Å². The Balaban J connectivity index is 4.83. The van der Waals surface area contributed by atoms with Crippen molar-refractivity contribution in [1.82, 2.24) is 0 Å². The maximum absolute atomic E-state index is 11.2. The molecule has 0 amide bonds. The molecule has 0 aromatic heterocycles. The lowest BCUT2D eigenvalue weighted by molar-refractivity contribution is 0.538. The van der Waals surface area contributed by atoms with Crippen LogP contribution in [0.4, 0.5) is 0 Å². The van der Waals surface area contributed by atoms with Crippen molar-refractivity contribution in [3.8, 4) is 0 Å². The van der Waals surface area contributed by atoms with E-state index < -0.39 is 9.84 Å². The van der Waals surface area contributed by atoms with Crippen molar-refractivity contribution in [1.29, 1.82) is 0 Å². The number of hydrogen-bond acceptors (Lipinski definition) is 2. The van der Waals surface area contributed by atoms with Crippen LogP contribution < -0.4 is 0 Å². The summed E-state index contributed by atoms with van der Waals surface area (Å²) in [5, 5.41) is 1.37. The van der Waals surface area contributed by atoms with Crippen LogP contribution in [0.1, 0.15) is 27.7 Å². The first-order valence-corrected chi connectivity index (χ1v) is 6.59. The van der Waals surface area contributed by atoms with Crippen molar-refractivity contribution in [3.05, 3.63) is 8.99 Å². The number of halogens is 1. The van der Waals surface area contributed by atoms with Crippen molar-refractivity contribution in [2.75, 3.05) is 5.75 Å². The molecule has 72 valence electrons. The Labute approximate surface area is 88.5 Å². The van der Waals surface area contributed by atoms with Gasteiger partial charge in [0.1, 0.15) is 0 Å². The molecule has 0 fully saturated rings. The molecule has 0 spiro atoms. The average molecular weight is 302 g/mol. The van der Waals surface area contributed by atoms with Crippen molar-refractivity contribution < 1.29 is 8.42 Å². The van der Waals surface area contributed by atoms with Gasteiger partial charge in [-0.2, -0.15) is 0 Å². The van der Waals surface area contributed by atoms with E-state index in [2.05, 4.69) is 22.6 Å². The second kappa shape index (κ2) is 4.09. The molecule has 0 saturated heterocycles. The number of sulfone groups is 1. The van der Waals surface area contributed by atoms with E-state index in [4.69, 9.17) is 0 Å². The Morgan fingerprint density at radius 3 is 2.08 bits per heavy atom. The normalized spacial score (nSPS) is 14.9. The monoisotopic (exact) mass is 302 g/mol. The van der Waals surface area contributed by atoms with Gasteiger partial charge in [0.25, 0.3) is 0 Å². The van der Waals surface area contributed by atoms with E-state index in [9.17, 15) is 8.42 Å². The Hall–Kier alpha value is 0.420. The quantitative estimate of drug-likeness (QED) is 0.735. The zero-order valence-corrected chi connectivity index (χ0v) is 10.9. The maximum Gasteiger partial charge on any atom is 0.172 e. The standard InChI is InChI=1S/C8H15IO2S/c1-5-12(10,11)6-7(9)8(2,3)4/h6H,5H2,1-4H3/b7-6-. The molecule has 0 aromatic carbocycles. The lowest BCUT2D eigenvalue weighted by Gasteiger charge is -2.17. The molecule has 0 unspecified atom stereocenters. The third-order valence-corrected chi connectivity index (χ3v) is 5.15. The number of hydrogen-bond donors (Lipinski definition) is 0. The SMILES string of the molecule is CCS(=O)(=O)/C=C(\I)C(C)(C)C.